The number of rotatable bonds is 0. The van der Waals surface area contributed by atoms with E-state index in [0.29, 0.717) is 0 Å². The van der Waals surface area contributed by atoms with E-state index < -0.39 is 0 Å². The summed E-state index contributed by atoms with van der Waals surface area (Å²) >= 11 is 0. The maximum absolute atomic E-state index is 5.49. The van der Waals surface area contributed by atoms with Crippen molar-refractivity contribution in [1.29, 1.82) is 0 Å². The predicted molar refractivity (Wildman–Crippen MR) is 68.2 cm³/mol. The molecule has 2 unspecified atom stereocenters. The summed E-state index contributed by atoms with van der Waals surface area (Å²) in [7, 11) is 0. The normalized spacial score (nSPS) is 31.3. The molecule has 1 aromatic rings. The highest BCUT2D eigenvalue weighted by molar-refractivity contribution is 5.87. The molecule has 2 atom stereocenters. The molecule has 96 valence electrons. The van der Waals surface area contributed by atoms with Crippen molar-refractivity contribution in [3.63, 3.8) is 0 Å². The summed E-state index contributed by atoms with van der Waals surface area (Å²) in [6, 6.07) is 0. The summed E-state index contributed by atoms with van der Waals surface area (Å²) in [5, 5.41) is 0. The van der Waals surface area contributed by atoms with Crippen LogP contribution in [0.4, 0.5) is 0 Å². The molecule has 2 aliphatic carbocycles. The van der Waals surface area contributed by atoms with Crippen LogP contribution in [0.1, 0.15) is 24.0 Å². The maximum Gasteiger partial charge on any atom is 0.166 e. The Bertz CT molecular complexity index is 450. The molecule has 3 heteroatoms. The quantitative estimate of drug-likeness (QED) is 0.653. The van der Waals surface area contributed by atoms with Gasteiger partial charge in [0.2, 0.25) is 0 Å². The van der Waals surface area contributed by atoms with Gasteiger partial charge in [-0.05, 0) is 36.8 Å². The molecule has 1 saturated carbocycles. The Morgan fingerprint density at radius 1 is 0.944 bits per heavy atom. The highest BCUT2D eigenvalue weighted by Crippen LogP contribution is 2.38. The first-order valence-corrected chi connectivity index (χ1v) is 7.15. The molecule has 1 aliphatic heterocycles. The van der Waals surface area contributed by atoms with Crippen molar-refractivity contribution in [2.75, 3.05) is 26.3 Å². The zero-order valence-electron chi connectivity index (χ0n) is 10.7. The fourth-order valence-corrected chi connectivity index (χ4v) is 4.02. The van der Waals surface area contributed by atoms with Gasteiger partial charge < -0.3 is 9.15 Å². The van der Waals surface area contributed by atoms with Crippen LogP contribution in [-0.4, -0.2) is 36.6 Å². The Hall–Kier alpha value is -1.09. The van der Waals surface area contributed by atoms with E-state index in [1.165, 1.54) is 36.8 Å². The van der Waals surface area contributed by atoms with E-state index in [2.05, 4.69) is 4.58 Å². The van der Waals surface area contributed by atoms with Gasteiger partial charge >= 0.3 is 0 Å². The lowest BCUT2D eigenvalue weighted by atomic mass is 9.97. The van der Waals surface area contributed by atoms with E-state index in [4.69, 9.17) is 9.15 Å². The molecule has 0 radical (unpaired) electrons. The maximum atomic E-state index is 5.49. The standard InChI is InChI=1S/C15H20NO2/c1-2-12-8-14-10-18-9-13(14)7-11(1)15(12)16-3-5-17-6-4-16/h9-12H,1-8H2/q+1. The van der Waals surface area contributed by atoms with E-state index in [9.17, 15) is 0 Å². The highest BCUT2D eigenvalue weighted by Gasteiger charge is 2.42. The van der Waals surface area contributed by atoms with Crippen LogP contribution in [0.3, 0.4) is 0 Å². The van der Waals surface area contributed by atoms with Crippen LogP contribution in [0.2, 0.25) is 0 Å². The summed E-state index contributed by atoms with van der Waals surface area (Å²) in [4.78, 5) is 0. The minimum Gasteiger partial charge on any atom is -0.472 e. The zero-order chi connectivity index (χ0) is 11.9. The van der Waals surface area contributed by atoms with Crippen molar-refractivity contribution >= 4 is 5.71 Å². The number of nitrogens with zero attached hydrogens (tertiary/aromatic N) is 1. The predicted octanol–water partition coefficient (Wildman–Crippen LogP) is 1.89. The van der Waals surface area contributed by atoms with E-state index in [-0.39, 0.29) is 0 Å². The van der Waals surface area contributed by atoms with E-state index >= 15 is 0 Å². The van der Waals surface area contributed by atoms with Gasteiger partial charge in [0, 0.05) is 11.8 Å². The summed E-state index contributed by atoms with van der Waals surface area (Å²) in [6.45, 7) is 3.99. The van der Waals surface area contributed by atoms with Crippen LogP contribution < -0.4 is 0 Å². The Balaban J connectivity index is 1.72. The van der Waals surface area contributed by atoms with Gasteiger partial charge in [0.15, 0.2) is 18.8 Å². The van der Waals surface area contributed by atoms with Crippen LogP contribution in [-0.2, 0) is 17.6 Å². The van der Waals surface area contributed by atoms with Crippen molar-refractivity contribution in [2.24, 2.45) is 11.8 Å². The fraction of sp³-hybridized carbons (Fsp3) is 0.667. The van der Waals surface area contributed by atoms with Crippen LogP contribution in [0.15, 0.2) is 16.9 Å². The van der Waals surface area contributed by atoms with Gasteiger partial charge in [0.05, 0.1) is 12.5 Å². The van der Waals surface area contributed by atoms with Crippen molar-refractivity contribution in [3.05, 3.63) is 23.7 Å². The molecule has 3 aliphatic rings. The smallest absolute Gasteiger partial charge is 0.166 e. The number of ether oxygens (including phenoxy) is 1. The number of fused-ring (bicyclic) bond motifs is 3. The number of morpholine rings is 1. The second-order valence-corrected chi connectivity index (χ2v) is 5.83. The molecular formula is C15H20NO2+. The third kappa shape index (κ3) is 1.64. The Morgan fingerprint density at radius 3 is 2.17 bits per heavy atom. The lowest BCUT2D eigenvalue weighted by Crippen LogP contribution is -2.37. The SMILES string of the molecule is c1occ2c1CC1CCC(C2)C1=[N+]1CCOCC1. The lowest BCUT2D eigenvalue weighted by Gasteiger charge is -2.17. The second kappa shape index (κ2) is 4.23. The highest BCUT2D eigenvalue weighted by atomic mass is 16.5. The number of furan rings is 1. The molecule has 0 aromatic carbocycles. The molecule has 0 amide bonds. The van der Waals surface area contributed by atoms with Crippen LogP contribution in [0, 0.1) is 11.8 Å². The minimum atomic E-state index is 0.756. The first-order chi connectivity index (χ1) is 8.92. The third-order valence-electron chi connectivity index (χ3n) is 4.84. The monoisotopic (exact) mass is 246 g/mol. The van der Waals surface area contributed by atoms with E-state index in [0.717, 1.165) is 38.1 Å². The summed E-state index contributed by atoms with van der Waals surface area (Å²) in [5.41, 5.74) is 4.63. The molecule has 2 heterocycles. The molecule has 18 heavy (non-hydrogen) atoms. The molecule has 3 nitrogen and oxygen atoms in total. The summed E-state index contributed by atoms with van der Waals surface area (Å²) in [5.74, 6) is 1.51. The number of hydrogen-bond donors (Lipinski definition) is 0. The minimum absolute atomic E-state index is 0.756. The van der Waals surface area contributed by atoms with Crippen LogP contribution in [0.5, 0.6) is 0 Å². The van der Waals surface area contributed by atoms with Gasteiger partial charge in [-0.25, -0.2) is 4.58 Å². The van der Waals surface area contributed by atoms with Crippen LogP contribution >= 0.6 is 0 Å². The topological polar surface area (TPSA) is 25.4 Å². The molecular weight excluding hydrogens is 226 g/mol. The van der Waals surface area contributed by atoms with Gasteiger partial charge in [0.1, 0.15) is 13.2 Å². The van der Waals surface area contributed by atoms with E-state index in [1.54, 1.807) is 5.71 Å². The van der Waals surface area contributed by atoms with Crippen molar-refractivity contribution < 1.29 is 13.7 Å². The number of hydrogen-bond acceptors (Lipinski definition) is 2. The van der Waals surface area contributed by atoms with Crippen molar-refractivity contribution in [3.8, 4) is 0 Å². The largest absolute Gasteiger partial charge is 0.472 e. The third-order valence-corrected chi connectivity index (χ3v) is 4.84. The Morgan fingerprint density at radius 2 is 1.56 bits per heavy atom. The second-order valence-electron chi connectivity index (χ2n) is 5.83. The Kier molecular flexibility index (Phi) is 2.54. The van der Waals surface area contributed by atoms with Crippen LogP contribution in [0.25, 0.3) is 0 Å². The molecule has 0 N–H and O–H groups in total. The molecule has 2 fully saturated rings. The zero-order valence-corrected chi connectivity index (χ0v) is 10.7. The fourth-order valence-electron chi connectivity index (χ4n) is 4.02. The van der Waals surface area contributed by atoms with Gasteiger partial charge in [-0.2, -0.15) is 0 Å². The van der Waals surface area contributed by atoms with E-state index in [1.807, 2.05) is 12.5 Å². The average Bonchev–Trinajstić information content (AvgIpc) is 2.95. The first kappa shape index (κ1) is 10.8. The van der Waals surface area contributed by atoms with Gasteiger partial charge in [-0.3, -0.25) is 0 Å². The van der Waals surface area contributed by atoms with Crippen molar-refractivity contribution in [1.82, 2.24) is 0 Å². The van der Waals surface area contributed by atoms with Gasteiger partial charge in [0.25, 0.3) is 0 Å². The molecule has 1 aromatic heterocycles. The van der Waals surface area contributed by atoms with Gasteiger partial charge in [-0.1, -0.05) is 0 Å². The lowest BCUT2D eigenvalue weighted by molar-refractivity contribution is -0.552. The first-order valence-electron chi connectivity index (χ1n) is 7.15. The average molecular weight is 246 g/mol. The summed E-state index contributed by atoms with van der Waals surface area (Å²) < 4.78 is 13.5. The molecule has 4 rings (SSSR count). The molecule has 0 spiro atoms. The van der Waals surface area contributed by atoms with Crippen molar-refractivity contribution in [2.45, 2.75) is 25.7 Å². The summed E-state index contributed by atoms with van der Waals surface area (Å²) in [6.07, 6.45) is 9.04. The Labute approximate surface area is 107 Å². The van der Waals surface area contributed by atoms with Gasteiger partial charge in [-0.15, -0.1) is 0 Å². The molecule has 1 saturated heterocycles. The molecule has 2 bridgehead atoms.